The summed E-state index contributed by atoms with van der Waals surface area (Å²) in [7, 11) is 0. The van der Waals surface area contributed by atoms with Gasteiger partial charge in [0.2, 0.25) is 5.91 Å². The van der Waals surface area contributed by atoms with Crippen molar-refractivity contribution in [3.05, 3.63) is 41.5 Å². The second-order valence-electron chi connectivity index (χ2n) is 6.98. The molecule has 0 saturated carbocycles. The van der Waals surface area contributed by atoms with Crippen LogP contribution in [-0.2, 0) is 11.0 Å². The average Bonchev–Trinajstić information content (AvgIpc) is 2.68. The highest BCUT2D eigenvalue weighted by Gasteiger charge is 2.31. The molecule has 1 aromatic carbocycles. The highest BCUT2D eigenvalue weighted by molar-refractivity contribution is 7.96. The van der Waals surface area contributed by atoms with Crippen molar-refractivity contribution in [2.75, 3.05) is 45.8 Å². The van der Waals surface area contributed by atoms with Gasteiger partial charge in [-0.05, 0) is 29.7 Å². The van der Waals surface area contributed by atoms with Crippen LogP contribution in [-0.4, -0.2) is 71.6 Å². The lowest BCUT2D eigenvalue weighted by atomic mass is 9.97. The first-order valence-corrected chi connectivity index (χ1v) is 9.58. The summed E-state index contributed by atoms with van der Waals surface area (Å²) in [6.45, 7) is 3.99. The molecule has 0 aliphatic carbocycles. The van der Waals surface area contributed by atoms with Gasteiger partial charge in [0.25, 0.3) is 0 Å². The summed E-state index contributed by atoms with van der Waals surface area (Å²) in [6, 6.07) is 5.33. The normalized spacial score (nSPS) is 18.8. The first-order valence-electron chi connectivity index (χ1n) is 9.13. The maximum atomic E-state index is 12.9. The maximum absolute atomic E-state index is 12.9. The van der Waals surface area contributed by atoms with Crippen molar-refractivity contribution in [1.82, 2.24) is 14.7 Å². The van der Waals surface area contributed by atoms with E-state index in [-0.39, 0.29) is 11.1 Å². The molecule has 0 radical (unpaired) electrons. The molecular weight excluding hydrogens is 389 g/mol. The largest absolute Gasteiger partial charge is 0.416 e. The Balaban J connectivity index is 1.55. The summed E-state index contributed by atoms with van der Waals surface area (Å²) < 4.78 is 38.7. The SMILES string of the molecule is N=C(S)N1CCN(CC(=O)N2CC=C(c3cccc(C(F)(F)F)c3)CC2)CC1. The minimum absolute atomic E-state index is 0.0220. The molecule has 1 amide bonds. The van der Waals surface area contributed by atoms with Crippen LogP contribution in [0.15, 0.2) is 30.3 Å². The van der Waals surface area contributed by atoms with Crippen molar-refractivity contribution in [1.29, 1.82) is 5.41 Å². The van der Waals surface area contributed by atoms with E-state index in [0.29, 0.717) is 57.8 Å². The Morgan fingerprint density at radius 2 is 1.82 bits per heavy atom. The molecule has 5 nitrogen and oxygen atoms in total. The van der Waals surface area contributed by atoms with Crippen molar-refractivity contribution in [3.63, 3.8) is 0 Å². The topological polar surface area (TPSA) is 50.6 Å². The third kappa shape index (κ3) is 5.08. The molecule has 28 heavy (non-hydrogen) atoms. The number of amides is 1. The van der Waals surface area contributed by atoms with Crippen molar-refractivity contribution >= 4 is 29.3 Å². The smallest absolute Gasteiger partial charge is 0.349 e. The Morgan fingerprint density at radius 1 is 1.11 bits per heavy atom. The van der Waals surface area contributed by atoms with Crippen molar-refractivity contribution in [3.8, 4) is 0 Å². The first kappa shape index (κ1) is 20.7. The number of piperazine rings is 1. The van der Waals surface area contributed by atoms with Crippen molar-refractivity contribution in [2.24, 2.45) is 0 Å². The van der Waals surface area contributed by atoms with E-state index in [1.165, 1.54) is 12.1 Å². The standard InChI is InChI=1S/C19H23F3N4OS/c20-19(21,22)16-3-1-2-15(12-16)14-4-6-25(7-5-14)17(27)13-24-8-10-26(11-9-24)18(23)28/h1-4,12H,5-11,13H2,(H2,23,28). The van der Waals surface area contributed by atoms with Crippen LogP contribution in [0.2, 0.25) is 0 Å². The molecular formula is C19H23F3N4OS. The summed E-state index contributed by atoms with van der Waals surface area (Å²) in [5.41, 5.74) is 0.751. The van der Waals surface area contributed by atoms with Crippen LogP contribution in [0.3, 0.4) is 0 Å². The molecule has 2 aliphatic rings. The van der Waals surface area contributed by atoms with Crippen LogP contribution in [0.1, 0.15) is 17.5 Å². The number of nitrogens with one attached hydrogen (secondary N) is 1. The van der Waals surface area contributed by atoms with Crippen LogP contribution in [0.4, 0.5) is 13.2 Å². The molecule has 9 heteroatoms. The number of nitrogens with zero attached hydrogens (tertiary/aromatic N) is 3. The van der Waals surface area contributed by atoms with Crippen LogP contribution in [0.5, 0.6) is 0 Å². The lowest BCUT2D eigenvalue weighted by Gasteiger charge is -2.36. The van der Waals surface area contributed by atoms with Gasteiger partial charge in [-0.1, -0.05) is 18.2 Å². The molecule has 1 saturated heterocycles. The lowest BCUT2D eigenvalue weighted by molar-refractivity contribution is -0.137. The maximum Gasteiger partial charge on any atom is 0.416 e. The highest BCUT2D eigenvalue weighted by Crippen LogP contribution is 2.32. The van der Waals surface area contributed by atoms with Gasteiger partial charge in [-0.3, -0.25) is 15.1 Å². The number of hydrogen-bond donors (Lipinski definition) is 2. The molecule has 1 fully saturated rings. The van der Waals surface area contributed by atoms with Crippen LogP contribution in [0, 0.1) is 5.41 Å². The Labute approximate surface area is 167 Å². The van der Waals surface area contributed by atoms with Gasteiger partial charge in [0, 0.05) is 39.3 Å². The quantitative estimate of drug-likeness (QED) is 0.456. The van der Waals surface area contributed by atoms with E-state index < -0.39 is 11.7 Å². The van der Waals surface area contributed by atoms with E-state index >= 15 is 0 Å². The Hall–Kier alpha value is -2.00. The zero-order valence-electron chi connectivity index (χ0n) is 15.4. The van der Waals surface area contributed by atoms with E-state index in [0.717, 1.165) is 11.6 Å². The van der Waals surface area contributed by atoms with Crippen LogP contribution in [0.25, 0.3) is 5.57 Å². The molecule has 0 unspecified atom stereocenters. The minimum Gasteiger partial charge on any atom is -0.349 e. The van der Waals surface area contributed by atoms with Gasteiger partial charge in [0.15, 0.2) is 5.17 Å². The van der Waals surface area contributed by atoms with Gasteiger partial charge >= 0.3 is 6.18 Å². The average molecular weight is 412 g/mol. The monoisotopic (exact) mass is 412 g/mol. The number of carbonyl (C=O) groups is 1. The highest BCUT2D eigenvalue weighted by atomic mass is 32.1. The van der Waals surface area contributed by atoms with Crippen LogP contribution < -0.4 is 0 Å². The van der Waals surface area contributed by atoms with E-state index in [1.807, 2.05) is 11.0 Å². The third-order valence-corrected chi connectivity index (χ3v) is 5.44. The number of amidine groups is 1. The van der Waals surface area contributed by atoms with Gasteiger partial charge in [0.05, 0.1) is 12.1 Å². The van der Waals surface area contributed by atoms with E-state index in [2.05, 4.69) is 17.5 Å². The fourth-order valence-corrected chi connectivity index (χ4v) is 3.66. The fourth-order valence-electron chi connectivity index (χ4n) is 3.46. The van der Waals surface area contributed by atoms with Gasteiger partial charge in [-0.15, -0.1) is 12.6 Å². The van der Waals surface area contributed by atoms with E-state index in [1.54, 1.807) is 11.0 Å². The number of alkyl halides is 3. The molecule has 1 N–H and O–H groups in total. The van der Waals surface area contributed by atoms with Gasteiger partial charge in [-0.25, -0.2) is 0 Å². The number of rotatable bonds is 3. The summed E-state index contributed by atoms with van der Waals surface area (Å²) in [5, 5.41) is 7.77. The predicted molar refractivity (Wildman–Crippen MR) is 105 cm³/mol. The summed E-state index contributed by atoms with van der Waals surface area (Å²) >= 11 is 4.03. The molecule has 152 valence electrons. The molecule has 2 heterocycles. The van der Waals surface area contributed by atoms with E-state index in [9.17, 15) is 18.0 Å². The Kier molecular flexibility index (Phi) is 6.34. The Bertz CT molecular complexity index is 773. The molecule has 0 atom stereocenters. The summed E-state index contributed by atoms with van der Waals surface area (Å²) in [6.07, 6.45) is -1.97. The lowest BCUT2D eigenvalue weighted by Crippen LogP contribution is -2.51. The van der Waals surface area contributed by atoms with Crippen molar-refractivity contribution in [2.45, 2.75) is 12.6 Å². The van der Waals surface area contributed by atoms with E-state index in [4.69, 9.17) is 5.41 Å². The fraction of sp³-hybridized carbons (Fsp3) is 0.474. The third-order valence-electron chi connectivity index (χ3n) is 5.15. The van der Waals surface area contributed by atoms with Gasteiger partial charge < -0.3 is 9.80 Å². The number of hydrogen-bond acceptors (Lipinski definition) is 3. The minimum atomic E-state index is -4.36. The number of benzene rings is 1. The number of halogens is 3. The summed E-state index contributed by atoms with van der Waals surface area (Å²) in [4.78, 5) is 18.2. The molecule has 3 rings (SSSR count). The molecule has 2 aliphatic heterocycles. The van der Waals surface area contributed by atoms with Crippen LogP contribution >= 0.6 is 12.6 Å². The second kappa shape index (κ2) is 8.57. The number of thiol groups is 1. The zero-order chi connectivity index (χ0) is 20.3. The number of carbonyl (C=O) groups excluding carboxylic acids is 1. The second-order valence-corrected chi connectivity index (χ2v) is 7.41. The zero-order valence-corrected chi connectivity index (χ0v) is 16.3. The molecule has 0 aromatic heterocycles. The first-order chi connectivity index (χ1) is 13.2. The predicted octanol–water partition coefficient (Wildman–Crippen LogP) is 2.80. The molecule has 0 spiro atoms. The van der Waals surface area contributed by atoms with Gasteiger partial charge in [-0.2, -0.15) is 13.2 Å². The molecule has 1 aromatic rings. The Morgan fingerprint density at radius 3 is 2.39 bits per heavy atom. The molecule has 0 bridgehead atoms. The van der Waals surface area contributed by atoms with Crippen molar-refractivity contribution < 1.29 is 18.0 Å². The van der Waals surface area contributed by atoms with Gasteiger partial charge in [0.1, 0.15) is 0 Å². The summed E-state index contributed by atoms with van der Waals surface area (Å²) in [5.74, 6) is 0.0220.